The summed E-state index contributed by atoms with van der Waals surface area (Å²) in [7, 11) is -2.95. The van der Waals surface area contributed by atoms with Crippen LogP contribution in [0.5, 0.6) is 0 Å². The maximum atomic E-state index is 10.1. The van der Waals surface area contributed by atoms with Crippen LogP contribution in [0.15, 0.2) is 0 Å². The number of rotatable bonds is 5. The molecular formula is C9H23O3P. The average molecular weight is 210 g/mol. The van der Waals surface area contributed by atoms with Crippen LogP contribution < -0.4 is 0 Å². The van der Waals surface area contributed by atoms with E-state index in [-0.39, 0.29) is 17.9 Å². The van der Waals surface area contributed by atoms with Crippen molar-refractivity contribution >= 4 is 7.94 Å². The van der Waals surface area contributed by atoms with Gasteiger partial charge in [0.15, 0.2) is 0 Å². The molecule has 0 heterocycles. The van der Waals surface area contributed by atoms with E-state index in [9.17, 15) is 4.89 Å². The Balaban J connectivity index is 4.34. The van der Waals surface area contributed by atoms with Gasteiger partial charge in [-0.3, -0.25) is 0 Å². The molecular weight excluding hydrogens is 187 g/mol. The summed E-state index contributed by atoms with van der Waals surface area (Å²) in [5, 5.41) is 0. The van der Waals surface area contributed by atoms with E-state index in [0.717, 1.165) is 0 Å². The Morgan fingerprint density at radius 3 is 1.31 bits per heavy atom. The van der Waals surface area contributed by atoms with E-state index in [1.54, 1.807) is 0 Å². The Hall–Kier alpha value is 0.310. The molecule has 0 saturated heterocycles. The van der Waals surface area contributed by atoms with Crippen molar-refractivity contribution in [3.8, 4) is 0 Å². The van der Waals surface area contributed by atoms with E-state index in [1.165, 1.54) is 0 Å². The zero-order chi connectivity index (χ0) is 10.6. The van der Waals surface area contributed by atoms with Gasteiger partial charge in [0.1, 0.15) is 0 Å². The first-order chi connectivity index (χ1) is 5.78. The average Bonchev–Trinajstić information content (AvgIpc) is 1.82. The van der Waals surface area contributed by atoms with Crippen LogP contribution in [0, 0.1) is 0 Å². The first-order valence-electron chi connectivity index (χ1n) is 4.86. The van der Waals surface area contributed by atoms with E-state index >= 15 is 0 Å². The maximum absolute atomic E-state index is 10.1. The van der Waals surface area contributed by atoms with Crippen LogP contribution in [0.1, 0.15) is 41.5 Å². The van der Waals surface area contributed by atoms with Gasteiger partial charge in [0, 0.05) is 0 Å². The fraction of sp³-hybridized carbons (Fsp3) is 1.00. The molecule has 0 aromatic carbocycles. The van der Waals surface area contributed by atoms with Crippen molar-refractivity contribution in [1.82, 2.24) is 0 Å². The first kappa shape index (κ1) is 13.3. The van der Waals surface area contributed by atoms with Gasteiger partial charge < -0.3 is 0 Å². The molecule has 0 unspecified atom stereocenters. The summed E-state index contributed by atoms with van der Waals surface area (Å²) >= 11 is 0. The third kappa shape index (κ3) is 4.92. The Morgan fingerprint density at radius 1 is 0.846 bits per heavy atom. The van der Waals surface area contributed by atoms with Crippen molar-refractivity contribution in [3.63, 3.8) is 0 Å². The predicted molar refractivity (Wildman–Crippen MR) is 58.1 cm³/mol. The fourth-order valence-corrected chi connectivity index (χ4v) is 2.93. The monoisotopic (exact) mass is 210 g/mol. The molecule has 0 aliphatic carbocycles. The molecule has 13 heavy (non-hydrogen) atoms. The Morgan fingerprint density at radius 2 is 1.15 bits per heavy atom. The van der Waals surface area contributed by atoms with Gasteiger partial charge in [-0.2, -0.15) is 0 Å². The summed E-state index contributed by atoms with van der Waals surface area (Å²) in [6.45, 7) is 11.5. The van der Waals surface area contributed by atoms with Crippen LogP contribution in [0.2, 0.25) is 0 Å². The van der Waals surface area contributed by atoms with Crippen LogP contribution in [-0.4, -0.2) is 22.8 Å². The molecule has 0 aliphatic rings. The van der Waals surface area contributed by atoms with Gasteiger partial charge in [-0.05, 0) is 0 Å². The topological polar surface area (TPSA) is 38.7 Å². The summed E-state index contributed by atoms with van der Waals surface area (Å²) in [6, 6.07) is 0. The van der Waals surface area contributed by atoms with Gasteiger partial charge in [-0.1, -0.05) is 0 Å². The van der Waals surface area contributed by atoms with E-state index in [1.807, 2.05) is 41.5 Å². The zero-order valence-corrected chi connectivity index (χ0v) is 10.5. The second kappa shape index (κ2) is 5.26. The molecule has 0 bridgehead atoms. The second-order valence-electron chi connectivity index (χ2n) is 4.12. The molecule has 0 saturated carbocycles. The SMILES string of the molecule is CC(C)O[PH](O)(OC(C)C)C(C)C. The van der Waals surface area contributed by atoms with Crippen molar-refractivity contribution in [3.05, 3.63) is 0 Å². The van der Waals surface area contributed by atoms with Crippen molar-refractivity contribution < 1.29 is 13.9 Å². The van der Waals surface area contributed by atoms with E-state index in [0.29, 0.717) is 0 Å². The van der Waals surface area contributed by atoms with Gasteiger partial charge in [-0.25, -0.2) is 0 Å². The van der Waals surface area contributed by atoms with E-state index < -0.39 is 7.94 Å². The third-order valence-electron chi connectivity index (χ3n) is 1.54. The summed E-state index contributed by atoms with van der Waals surface area (Å²) < 4.78 is 11.0. The minimum atomic E-state index is -2.95. The quantitative estimate of drug-likeness (QED) is 0.709. The van der Waals surface area contributed by atoms with Crippen molar-refractivity contribution in [2.24, 2.45) is 0 Å². The van der Waals surface area contributed by atoms with Crippen LogP contribution in [-0.2, 0) is 9.05 Å². The molecule has 4 heteroatoms. The van der Waals surface area contributed by atoms with Gasteiger partial charge in [0.25, 0.3) is 0 Å². The standard InChI is InChI=1S/C9H23O3P/c1-7(2)11-13(10,9(5)6)12-8(3)4/h7-10,13H,1-6H3. The second-order valence-corrected chi connectivity index (χ2v) is 7.01. The van der Waals surface area contributed by atoms with Crippen LogP contribution in [0.3, 0.4) is 0 Å². The molecule has 0 aromatic heterocycles. The molecule has 0 atom stereocenters. The molecule has 1 N–H and O–H groups in total. The van der Waals surface area contributed by atoms with E-state index in [4.69, 9.17) is 9.05 Å². The molecule has 0 rings (SSSR count). The van der Waals surface area contributed by atoms with Gasteiger partial charge in [-0.15, -0.1) is 0 Å². The molecule has 0 aliphatic heterocycles. The van der Waals surface area contributed by atoms with Gasteiger partial charge >= 0.3 is 81.3 Å². The molecule has 0 amide bonds. The fourth-order valence-electron chi connectivity index (χ4n) is 0.975. The summed E-state index contributed by atoms with van der Waals surface area (Å²) in [4.78, 5) is 10.1. The molecule has 0 spiro atoms. The zero-order valence-electron chi connectivity index (χ0n) is 9.50. The molecule has 0 aromatic rings. The normalized spacial score (nSPS) is 14.6. The summed E-state index contributed by atoms with van der Waals surface area (Å²) in [5.41, 5.74) is 0.0531. The summed E-state index contributed by atoms with van der Waals surface area (Å²) in [5.74, 6) is 0. The first-order valence-corrected chi connectivity index (χ1v) is 6.70. The van der Waals surface area contributed by atoms with Crippen LogP contribution >= 0.6 is 7.94 Å². The minimum absolute atomic E-state index is 0.0119. The molecule has 82 valence electrons. The van der Waals surface area contributed by atoms with Crippen molar-refractivity contribution in [2.45, 2.75) is 59.4 Å². The van der Waals surface area contributed by atoms with Gasteiger partial charge in [0.05, 0.1) is 0 Å². The summed E-state index contributed by atoms with van der Waals surface area (Å²) in [6.07, 6.45) is 0.0237. The van der Waals surface area contributed by atoms with Crippen LogP contribution in [0.4, 0.5) is 0 Å². The number of hydrogen-bond donors (Lipinski definition) is 1. The van der Waals surface area contributed by atoms with Crippen molar-refractivity contribution in [1.29, 1.82) is 0 Å². The molecule has 0 radical (unpaired) electrons. The Labute approximate surface area is 82.0 Å². The predicted octanol–water partition coefficient (Wildman–Crippen LogP) is 2.73. The third-order valence-corrected chi connectivity index (χ3v) is 4.62. The molecule has 3 nitrogen and oxygen atoms in total. The number of hydrogen-bond acceptors (Lipinski definition) is 3. The Bertz CT molecular complexity index is 136. The van der Waals surface area contributed by atoms with Crippen LogP contribution in [0.25, 0.3) is 0 Å². The van der Waals surface area contributed by atoms with Gasteiger partial charge in [0.2, 0.25) is 0 Å². The van der Waals surface area contributed by atoms with Crippen molar-refractivity contribution in [2.75, 3.05) is 0 Å². The molecule has 0 fully saturated rings. The van der Waals surface area contributed by atoms with E-state index in [2.05, 4.69) is 0 Å². The Kier molecular flexibility index (Phi) is 5.38.